The summed E-state index contributed by atoms with van der Waals surface area (Å²) in [4.78, 5) is 2.52. The average molecular weight is 331 g/mol. The highest BCUT2D eigenvalue weighted by molar-refractivity contribution is 9.10. The van der Waals surface area contributed by atoms with Crippen molar-refractivity contribution in [1.29, 1.82) is 0 Å². The van der Waals surface area contributed by atoms with Crippen LogP contribution in [0, 0.1) is 0 Å². The van der Waals surface area contributed by atoms with Gasteiger partial charge in [0, 0.05) is 16.6 Å². The maximum atomic E-state index is 6.09. The van der Waals surface area contributed by atoms with Gasteiger partial charge in [-0.2, -0.15) is 0 Å². The molecule has 2 saturated heterocycles. The van der Waals surface area contributed by atoms with E-state index >= 15 is 0 Å². The fourth-order valence-corrected chi connectivity index (χ4v) is 3.62. The minimum absolute atomic E-state index is 0.343. The zero-order valence-electron chi connectivity index (χ0n) is 10.4. The molecule has 2 aliphatic rings. The lowest BCUT2D eigenvalue weighted by Crippen LogP contribution is -2.43. The van der Waals surface area contributed by atoms with E-state index in [-0.39, 0.29) is 0 Å². The summed E-state index contributed by atoms with van der Waals surface area (Å²) in [6, 6.07) is 7.24. The van der Waals surface area contributed by atoms with E-state index in [0.29, 0.717) is 23.2 Å². The molecule has 1 aromatic carbocycles. The highest BCUT2D eigenvalue weighted by Crippen LogP contribution is 2.36. The third-order valence-corrected chi connectivity index (χ3v) is 5.48. The predicted octanol–water partition coefficient (Wildman–Crippen LogP) is 4.11. The van der Waals surface area contributed by atoms with Gasteiger partial charge < -0.3 is 9.64 Å². The number of halogens is 2. The lowest BCUT2D eigenvalue weighted by molar-refractivity contribution is 0.0662. The summed E-state index contributed by atoms with van der Waals surface area (Å²) in [6.07, 6.45) is 5.27. The van der Waals surface area contributed by atoms with Crippen LogP contribution in [0.25, 0.3) is 0 Å². The second-order valence-electron chi connectivity index (χ2n) is 5.34. The van der Waals surface area contributed by atoms with Crippen LogP contribution in [-0.4, -0.2) is 30.1 Å². The molecule has 0 radical (unpaired) electrons. The molecule has 2 aliphatic heterocycles. The fraction of sp³-hybridized carbons (Fsp3) is 0.571. The molecule has 1 aromatic rings. The van der Waals surface area contributed by atoms with Crippen LogP contribution in [0.2, 0.25) is 5.02 Å². The highest BCUT2D eigenvalue weighted by Gasteiger charge is 2.39. The smallest absolute Gasteiger partial charge is 0.121 e. The Morgan fingerprint density at radius 3 is 2.56 bits per heavy atom. The first-order valence-electron chi connectivity index (χ1n) is 6.47. The van der Waals surface area contributed by atoms with E-state index in [1.807, 2.05) is 18.2 Å². The Balaban J connectivity index is 1.68. The Kier molecular flexibility index (Phi) is 3.57. The molecule has 98 valence electrons. The summed E-state index contributed by atoms with van der Waals surface area (Å²) >= 11 is 9.49. The number of nitrogens with zero attached hydrogens (tertiary/aromatic N) is 1. The van der Waals surface area contributed by atoms with E-state index in [1.165, 1.54) is 12.8 Å². The second kappa shape index (κ2) is 5.03. The van der Waals surface area contributed by atoms with Crippen LogP contribution < -0.4 is 4.74 Å². The predicted molar refractivity (Wildman–Crippen MR) is 77.4 cm³/mol. The Bertz CT molecular complexity index is 439. The zero-order valence-corrected chi connectivity index (χ0v) is 12.7. The van der Waals surface area contributed by atoms with Gasteiger partial charge in [-0.1, -0.05) is 11.6 Å². The van der Waals surface area contributed by atoms with Crippen molar-refractivity contribution in [2.24, 2.45) is 0 Å². The summed E-state index contributed by atoms with van der Waals surface area (Å²) in [6.45, 7) is 0. The molecule has 0 saturated carbocycles. The van der Waals surface area contributed by atoms with Gasteiger partial charge in [-0.05, 0) is 66.9 Å². The summed E-state index contributed by atoms with van der Waals surface area (Å²) in [7, 11) is 2.25. The Morgan fingerprint density at radius 2 is 1.94 bits per heavy atom. The van der Waals surface area contributed by atoms with Crippen LogP contribution in [0.1, 0.15) is 25.7 Å². The van der Waals surface area contributed by atoms with Gasteiger partial charge in [0.15, 0.2) is 0 Å². The van der Waals surface area contributed by atoms with Gasteiger partial charge >= 0.3 is 0 Å². The number of benzene rings is 1. The number of piperidine rings is 1. The van der Waals surface area contributed by atoms with E-state index < -0.39 is 0 Å². The van der Waals surface area contributed by atoms with Gasteiger partial charge in [-0.25, -0.2) is 0 Å². The maximum Gasteiger partial charge on any atom is 0.121 e. The monoisotopic (exact) mass is 329 g/mol. The normalized spacial score (nSPS) is 31.6. The summed E-state index contributed by atoms with van der Waals surface area (Å²) in [5.74, 6) is 0.886. The van der Waals surface area contributed by atoms with Crippen molar-refractivity contribution in [3.63, 3.8) is 0 Å². The molecular formula is C14H17BrClNO. The van der Waals surface area contributed by atoms with Crippen LogP contribution in [0.5, 0.6) is 5.75 Å². The van der Waals surface area contributed by atoms with Gasteiger partial charge in [-0.15, -0.1) is 0 Å². The van der Waals surface area contributed by atoms with Crippen molar-refractivity contribution < 1.29 is 4.74 Å². The molecule has 2 unspecified atom stereocenters. The first kappa shape index (κ1) is 12.8. The molecule has 2 fully saturated rings. The van der Waals surface area contributed by atoms with Crippen LogP contribution in [0.4, 0.5) is 0 Å². The summed E-state index contributed by atoms with van der Waals surface area (Å²) in [5.41, 5.74) is 0. The average Bonchev–Trinajstić information content (AvgIpc) is 2.58. The Morgan fingerprint density at radius 1 is 1.28 bits per heavy atom. The van der Waals surface area contributed by atoms with Crippen molar-refractivity contribution in [3.05, 3.63) is 27.7 Å². The second-order valence-corrected chi connectivity index (χ2v) is 6.60. The molecule has 0 N–H and O–H groups in total. The molecule has 0 aliphatic carbocycles. The van der Waals surface area contributed by atoms with Crippen molar-refractivity contribution in [2.45, 2.75) is 43.9 Å². The van der Waals surface area contributed by atoms with Gasteiger partial charge in [0.05, 0.1) is 5.02 Å². The van der Waals surface area contributed by atoms with E-state index in [0.717, 1.165) is 23.1 Å². The Labute approximate surface area is 121 Å². The van der Waals surface area contributed by atoms with E-state index in [2.05, 4.69) is 27.9 Å². The molecule has 2 atom stereocenters. The molecule has 0 amide bonds. The number of hydrogen-bond acceptors (Lipinski definition) is 2. The van der Waals surface area contributed by atoms with Gasteiger partial charge in [-0.3, -0.25) is 0 Å². The maximum absolute atomic E-state index is 6.09. The molecular weight excluding hydrogens is 314 g/mol. The lowest BCUT2D eigenvalue weighted by Gasteiger charge is -2.36. The number of ether oxygens (including phenoxy) is 1. The lowest BCUT2D eigenvalue weighted by atomic mass is 10.0. The van der Waals surface area contributed by atoms with Gasteiger partial charge in [0.1, 0.15) is 11.9 Å². The fourth-order valence-electron chi connectivity index (χ4n) is 3.20. The van der Waals surface area contributed by atoms with Gasteiger partial charge in [0.2, 0.25) is 0 Å². The zero-order chi connectivity index (χ0) is 12.7. The minimum Gasteiger partial charge on any atom is -0.490 e. The molecule has 4 heteroatoms. The first-order valence-corrected chi connectivity index (χ1v) is 7.64. The van der Waals surface area contributed by atoms with Crippen molar-refractivity contribution in [2.75, 3.05) is 7.05 Å². The molecule has 2 heterocycles. The molecule has 2 bridgehead atoms. The summed E-state index contributed by atoms with van der Waals surface area (Å²) < 4.78 is 7.00. The topological polar surface area (TPSA) is 12.5 Å². The van der Waals surface area contributed by atoms with Crippen molar-refractivity contribution in [3.8, 4) is 5.75 Å². The van der Waals surface area contributed by atoms with Crippen molar-refractivity contribution >= 4 is 27.5 Å². The molecule has 3 rings (SSSR count). The van der Waals surface area contributed by atoms with E-state index in [9.17, 15) is 0 Å². The van der Waals surface area contributed by atoms with Crippen molar-refractivity contribution in [1.82, 2.24) is 4.90 Å². The number of fused-ring (bicyclic) bond motifs is 2. The van der Waals surface area contributed by atoms with Crippen LogP contribution >= 0.6 is 27.5 Å². The van der Waals surface area contributed by atoms with Crippen LogP contribution in [0.3, 0.4) is 0 Å². The molecule has 0 aromatic heterocycles. The quantitative estimate of drug-likeness (QED) is 0.809. The standard InChI is InChI=1S/C14H17BrClNO/c1-17-9-2-3-10(17)7-12(6-9)18-11-4-5-13(15)14(16)8-11/h4-5,8-10,12H,2-3,6-7H2,1H3. The Hall–Kier alpha value is -0.250. The minimum atomic E-state index is 0.343. The molecule has 0 spiro atoms. The SMILES string of the molecule is CN1C2CCC1CC(Oc1ccc(Br)c(Cl)c1)C2. The van der Waals surface area contributed by atoms with Gasteiger partial charge in [0.25, 0.3) is 0 Å². The largest absolute Gasteiger partial charge is 0.490 e. The highest BCUT2D eigenvalue weighted by atomic mass is 79.9. The summed E-state index contributed by atoms with van der Waals surface area (Å²) in [5, 5.41) is 0.711. The molecule has 2 nitrogen and oxygen atoms in total. The van der Waals surface area contributed by atoms with E-state index in [4.69, 9.17) is 16.3 Å². The number of rotatable bonds is 2. The van der Waals surface area contributed by atoms with E-state index in [1.54, 1.807) is 0 Å². The number of hydrogen-bond donors (Lipinski definition) is 0. The third-order valence-electron chi connectivity index (χ3n) is 4.25. The third kappa shape index (κ3) is 2.40. The van der Waals surface area contributed by atoms with Crippen LogP contribution in [-0.2, 0) is 0 Å². The first-order chi connectivity index (χ1) is 8.63. The molecule has 18 heavy (non-hydrogen) atoms. The van der Waals surface area contributed by atoms with Crippen LogP contribution in [0.15, 0.2) is 22.7 Å².